The average molecular weight is 688 g/mol. The number of alkyl halides is 6. The van der Waals surface area contributed by atoms with E-state index in [0.717, 1.165) is 12.8 Å². The molecule has 2 aliphatic rings. The fourth-order valence-corrected chi connectivity index (χ4v) is 2.73. The molecule has 0 aromatic rings. The molecule has 0 bridgehead atoms. The van der Waals surface area contributed by atoms with Crippen molar-refractivity contribution < 1.29 is 78.5 Å². The van der Waals surface area contributed by atoms with Crippen molar-refractivity contribution in [3.05, 3.63) is 47.6 Å². The van der Waals surface area contributed by atoms with Crippen molar-refractivity contribution in [3.8, 4) is 0 Å². The van der Waals surface area contributed by atoms with Gasteiger partial charge in [-0.1, -0.05) is 78.1 Å². The van der Waals surface area contributed by atoms with Crippen LogP contribution in [0.1, 0.15) is 90.9 Å². The van der Waals surface area contributed by atoms with Gasteiger partial charge in [-0.3, -0.25) is 12.2 Å². The quantitative estimate of drug-likeness (QED) is 0.0778. The van der Waals surface area contributed by atoms with Crippen molar-refractivity contribution in [1.29, 1.82) is 0 Å². The van der Waals surface area contributed by atoms with E-state index in [9.17, 15) is 26.3 Å². The second-order valence-electron chi connectivity index (χ2n) is 8.04. The normalized spacial score (nSPS) is 14.5. The third kappa shape index (κ3) is 24.7. The summed E-state index contributed by atoms with van der Waals surface area (Å²) >= 11 is 0. The molecule has 0 atom stereocenters. The van der Waals surface area contributed by atoms with Gasteiger partial charge in [0.05, 0.1) is 0 Å². The van der Waals surface area contributed by atoms with Gasteiger partial charge in [0.25, 0.3) is 0 Å². The van der Waals surface area contributed by atoms with Crippen molar-refractivity contribution in [2.45, 2.75) is 102 Å². The summed E-state index contributed by atoms with van der Waals surface area (Å²) in [6, 6.07) is 0. The number of hydrogen-bond donors (Lipinski definition) is 0. The Balaban J connectivity index is -0.000000445. The number of halogens is 6. The molecule has 0 unspecified atom stereocenters. The van der Waals surface area contributed by atoms with Crippen LogP contribution < -0.4 is 0 Å². The minimum Gasteiger partial charge on any atom is -0.741 e. The van der Waals surface area contributed by atoms with Crippen LogP contribution in [0.2, 0.25) is 0 Å². The van der Waals surface area contributed by atoms with Gasteiger partial charge in [-0.2, -0.15) is 38.5 Å². The van der Waals surface area contributed by atoms with Gasteiger partial charge in [0.2, 0.25) is 0 Å². The first kappa shape index (κ1) is 42.7. The molecule has 0 radical (unpaired) electrons. The molecule has 0 fully saturated rings. The number of hydrogen-bond acceptors (Lipinski definition) is 6. The van der Waals surface area contributed by atoms with E-state index in [-0.39, 0.29) is 26.2 Å². The summed E-state index contributed by atoms with van der Waals surface area (Å²) in [6.45, 7) is 4.50. The summed E-state index contributed by atoms with van der Waals surface area (Å²) in [5.41, 5.74) is -8.43. The molecular weight excluding hydrogens is 654 g/mol. The molecule has 0 amide bonds. The van der Waals surface area contributed by atoms with Gasteiger partial charge < -0.3 is 9.11 Å². The monoisotopic (exact) mass is 686 g/mol. The smallest absolute Gasteiger partial charge is 0.741 e. The summed E-state index contributed by atoms with van der Waals surface area (Å²) in [7, 11) is -12.2. The maximum absolute atomic E-state index is 10.7. The van der Waals surface area contributed by atoms with Crippen LogP contribution in [0.5, 0.6) is 0 Å². The van der Waals surface area contributed by atoms with E-state index >= 15 is 0 Å². The van der Waals surface area contributed by atoms with Gasteiger partial charge in [0.15, 0.2) is 20.2 Å². The zero-order valence-electron chi connectivity index (χ0n) is 21.8. The van der Waals surface area contributed by atoms with Crippen LogP contribution in [-0.4, -0.2) is 37.0 Å². The van der Waals surface area contributed by atoms with Gasteiger partial charge >= 0.3 is 37.2 Å². The van der Waals surface area contributed by atoms with E-state index in [1.807, 2.05) is 0 Å². The molecule has 0 heterocycles. The van der Waals surface area contributed by atoms with E-state index in [4.69, 9.17) is 25.9 Å². The zero-order chi connectivity index (χ0) is 29.9. The fraction of sp³-hybridized carbons (Fsp3) is 0.667. The van der Waals surface area contributed by atoms with E-state index in [0.29, 0.717) is 0 Å². The Morgan fingerprint density at radius 3 is 1.13 bits per heavy atom. The molecule has 0 aromatic carbocycles. The topological polar surface area (TPSA) is 114 Å². The van der Waals surface area contributed by atoms with Crippen molar-refractivity contribution in [1.82, 2.24) is 0 Å². The SMILES string of the molecule is CCCCCCC1=[C-]CC=C1.CCCCCCC1=[C-]CC=C1.O=S(=O)([O-])C(F)(F)F.O=S(=O)([O-])C(F)(F)F.[Zr+2]. The van der Waals surface area contributed by atoms with Crippen LogP contribution in [-0.2, 0) is 46.4 Å². The van der Waals surface area contributed by atoms with Crippen LogP contribution in [0, 0.1) is 12.2 Å². The standard InChI is InChI=1S/2C11H17.2CHF3O3S.Zr/c2*1-2-3-4-5-8-11-9-6-7-10-11;2*2-1(3,4)8(5,6)7;/h2*6,9H,2-5,7-8H2,1H3;2*(H,5,6,7);/q2*-1;;;+2/p-2. The summed E-state index contributed by atoms with van der Waals surface area (Å²) in [6.07, 6.45) is 31.0. The van der Waals surface area contributed by atoms with E-state index in [1.165, 1.54) is 75.4 Å². The molecule has 0 saturated carbocycles. The molecule has 226 valence electrons. The molecule has 6 nitrogen and oxygen atoms in total. The molecule has 39 heavy (non-hydrogen) atoms. The van der Waals surface area contributed by atoms with Gasteiger partial charge in [0, 0.05) is 0 Å². The fourth-order valence-electron chi connectivity index (χ4n) is 2.73. The largest absolute Gasteiger partial charge is 2.00 e. The van der Waals surface area contributed by atoms with Crippen LogP contribution in [0.25, 0.3) is 0 Å². The second-order valence-corrected chi connectivity index (χ2v) is 10.8. The Bertz CT molecular complexity index is 904. The van der Waals surface area contributed by atoms with Gasteiger partial charge in [-0.15, -0.1) is 12.8 Å². The Kier molecular flexibility index (Phi) is 24.0. The van der Waals surface area contributed by atoms with Gasteiger partial charge in [-0.05, 0) is 0 Å². The Morgan fingerprint density at radius 2 is 0.949 bits per heavy atom. The summed E-state index contributed by atoms with van der Waals surface area (Å²) < 4.78 is 118. The molecule has 0 aliphatic heterocycles. The Hall–Kier alpha value is -0.757. The van der Waals surface area contributed by atoms with Crippen LogP contribution >= 0.6 is 0 Å². The molecular formula is C24H34F6O6S2Zr-2. The Morgan fingerprint density at radius 1 is 0.667 bits per heavy atom. The minimum atomic E-state index is -6.09. The second kappa shape index (κ2) is 21.9. The van der Waals surface area contributed by atoms with Crippen molar-refractivity contribution in [3.63, 3.8) is 0 Å². The zero-order valence-corrected chi connectivity index (χ0v) is 25.9. The first-order chi connectivity index (χ1) is 17.4. The molecule has 15 heteroatoms. The van der Waals surface area contributed by atoms with Crippen LogP contribution in [0.4, 0.5) is 26.3 Å². The number of unbranched alkanes of at least 4 members (excludes halogenated alkanes) is 6. The maximum Gasteiger partial charge on any atom is 2.00 e. The molecule has 2 aliphatic carbocycles. The van der Waals surface area contributed by atoms with Crippen molar-refractivity contribution in [2.24, 2.45) is 0 Å². The Labute approximate surface area is 247 Å². The molecule has 2 rings (SSSR count). The van der Waals surface area contributed by atoms with E-state index < -0.39 is 31.3 Å². The molecule has 0 aromatic heterocycles. The number of rotatable bonds is 10. The van der Waals surface area contributed by atoms with Crippen LogP contribution in [0.15, 0.2) is 35.5 Å². The third-order valence-electron chi connectivity index (χ3n) is 4.70. The first-order valence-electron chi connectivity index (χ1n) is 11.9. The molecule has 0 N–H and O–H groups in total. The van der Waals surface area contributed by atoms with Crippen molar-refractivity contribution >= 4 is 20.2 Å². The van der Waals surface area contributed by atoms with Gasteiger partial charge in [0.1, 0.15) is 0 Å². The van der Waals surface area contributed by atoms with Crippen LogP contribution in [0.3, 0.4) is 0 Å². The van der Waals surface area contributed by atoms with Gasteiger partial charge in [-0.25, -0.2) is 40.1 Å². The average Bonchev–Trinajstić information content (AvgIpc) is 3.47. The summed E-state index contributed by atoms with van der Waals surface area (Å²) in [5.74, 6) is 0. The number of allylic oxidation sites excluding steroid dienone is 8. The summed E-state index contributed by atoms with van der Waals surface area (Å²) in [5, 5.41) is 0. The predicted molar refractivity (Wildman–Crippen MR) is 130 cm³/mol. The third-order valence-corrected chi connectivity index (χ3v) is 5.83. The first-order valence-corrected chi connectivity index (χ1v) is 14.7. The van der Waals surface area contributed by atoms with Crippen molar-refractivity contribution in [2.75, 3.05) is 0 Å². The predicted octanol–water partition coefficient (Wildman–Crippen LogP) is 7.39. The minimum absolute atomic E-state index is 0. The maximum atomic E-state index is 10.7. The molecule has 0 spiro atoms. The van der Waals surface area contributed by atoms with E-state index in [1.54, 1.807) is 0 Å². The molecule has 0 saturated heterocycles. The van der Waals surface area contributed by atoms with E-state index in [2.05, 4.69) is 50.3 Å². The summed E-state index contributed by atoms with van der Waals surface area (Å²) in [4.78, 5) is 0.